The van der Waals surface area contributed by atoms with E-state index in [4.69, 9.17) is 10.5 Å². The molecule has 1 saturated heterocycles. The van der Waals surface area contributed by atoms with E-state index in [0.29, 0.717) is 38.9 Å². The van der Waals surface area contributed by atoms with Gasteiger partial charge < -0.3 is 20.9 Å². The van der Waals surface area contributed by atoms with E-state index in [2.05, 4.69) is 5.32 Å². The van der Waals surface area contributed by atoms with E-state index in [9.17, 15) is 14.7 Å². The second-order valence-electron chi connectivity index (χ2n) is 6.07. The van der Waals surface area contributed by atoms with Crippen LogP contribution < -0.4 is 11.1 Å². The SMILES string of the molecule is NCC1(C(=O)NCC2(C(=O)O)CCCC2)CCOCC1. The number of ether oxygens (including phenoxy) is 1. The van der Waals surface area contributed by atoms with Crippen LogP contribution in [0.5, 0.6) is 0 Å². The Morgan fingerprint density at radius 2 is 1.70 bits per heavy atom. The molecule has 0 aromatic carbocycles. The fourth-order valence-electron chi connectivity index (χ4n) is 3.24. The quantitative estimate of drug-likeness (QED) is 0.682. The third-order valence-corrected chi connectivity index (χ3v) is 4.92. The second-order valence-corrected chi connectivity index (χ2v) is 6.07. The molecule has 0 bridgehead atoms. The van der Waals surface area contributed by atoms with E-state index in [1.807, 2.05) is 0 Å². The van der Waals surface area contributed by atoms with Gasteiger partial charge in [-0.2, -0.15) is 0 Å². The van der Waals surface area contributed by atoms with Crippen LogP contribution in [-0.2, 0) is 14.3 Å². The Morgan fingerprint density at radius 3 is 2.20 bits per heavy atom. The third-order valence-electron chi connectivity index (χ3n) is 4.92. The first kappa shape index (κ1) is 15.3. The molecule has 0 aromatic rings. The van der Waals surface area contributed by atoms with E-state index < -0.39 is 16.8 Å². The minimum absolute atomic E-state index is 0.115. The van der Waals surface area contributed by atoms with Gasteiger partial charge in [0, 0.05) is 26.3 Å². The van der Waals surface area contributed by atoms with Gasteiger partial charge in [-0.3, -0.25) is 9.59 Å². The van der Waals surface area contributed by atoms with E-state index >= 15 is 0 Å². The summed E-state index contributed by atoms with van der Waals surface area (Å²) >= 11 is 0. The average molecular weight is 284 g/mol. The smallest absolute Gasteiger partial charge is 0.311 e. The Bertz CT molecular complexity index is 371. The standard InChI is InChI=1S/C14H24N2O4/c15-9-13(5-7-20-8-6-13)11(17)16-10-14(12(18)19)3-1-2-4-14/h1-10,15H2,(H,16,17)(H,18,19). The lowest BCUT2D eigenvalue weighted by Crippen LogP contribution is -2.52. The molecule has 0 radical (unpaired) electrons. The van der Waals surface area contributed by atoms with Crippen molar-refractivity contribution in [3.63, 3.8) is 0 Å². The lowest BCUT2D eigenvalue weighted by Gasteiger charge is -2.35. The number of aliphatic carboxylic acids is 1. The van der Waals surface area contributed by atoms with Crippen molar-refractivity contribution < 1.29 is 19.4 Å². The van der Waals surface area contributed by atoms with Crippen LogP contribution in [-0.4, -0.2) is 43.3 Å². The van der Waals surface area contributed by atoms with Gasteiger partial charge in [0.1, 0.15) is 0 Å². The van der Waals surface area contributed by atoms with E-state index in [1.165, 1.54) is 0 Å². The molecule has 6 nitrogen and oxygen atoms in total. The highest BCUT2D eigenvalue weighted by atomic mass is 16.5. The Hall–Kier alpha value is -1.14. The molecule has 114 valence electrons. The van der Waals surface area contributed by atoms with Crippen molar-refractivity contribution in [1.82, 2.24) is 5.32 Å². The molecule has 0 aromatic heterocycles. The summed E-state index contributed by atoms with van der Waals surface area (Å²) in [5, 5.41) is 12.3. The Morgan fingerprint density at radius 1 is 1.10 bits per heavy atom. The summed E-state index contributed by atoms with van der Waals surface area (Å²) in [6.07, 6.45) is 4.32. The van der Waals surface area contributed by atoms with Crippen LogP contribution in [0.25, 0.3) is 0 Å². The van der Waals surface area contributed by atoms with Crippen molar-refractivity contribution in [2.24, 2.45) is 16.6 Å². The number of carboxylic acid groups (broad SMARTS) is 1. The minimum atomic E-state index is -0.802. The monoisotopic (exact) mass is 284 g/mol. The summed E-state index contributed by atoms with van der Waals surface area (Å²) < 4.78 is 5.28. The van der Waals surface area contributed by atoms with E-state index in [1.54, 1.807) is 0 Å². The van der Waals surface area contributed by atoms with Gasteiger partial charge in [0.25, 0.3) is 0 Å². The largest absolute Gasteiger partial charge is 0.481 e. The fourth-order valence-corrected chi connectivity index (χ4v) is 3.24. The van der Waals surface area contributed by atoms with Gasteiger partial charge >= 0.3 is 5.97 Å². The molecule has 1 aliphatic heterocycles. The molecule has 20 heavy (non-hydrogen) atoms. The zero-order valence-electron chi connectivity index (χ0n) is 11.8. The number of amides is 1. The highest BCUT2D eigenvalue weighted by molar-refractivity contribution is 5.84. The molecule has 0 unspecified atom stereocenters. The third kappa shape index (κ3) is 2.81. The van der Waals surface area contributed by atoms with Crippen molar-refractivity contribution in [3.8, 4) is 0 Å². The molecule has 1 heterocycles. The molecule has 2 aliphatic rings. The van der Waals surface area contributed by atoms with Crippen molar-refractivity contribution in [3.05, 3.63) is 0 Å². The Labute approximate surface area is 119 Å². The molecule has 0 spiro atoms. The first-order valence-electron chi connectivity index (χ1n) is 7.34. The van der Waals surface area contributed by atoms with Crippen molar-refractivity contribution in [2.75, 3.05) is 26.3 Å². The van der Waals surface area contributed by atoms with Crippen LogP contribution in [0.3, 0.4) is 0 Å². The molecular weight excluding hydrogens is 260 g/mol. The number of hydrogen-bond donors (Lipinski definition) is 3. The predicted octanol–water partition coefficient (Wildman–Crippen LogP) is 0.503. The van der Waals surface area contributed by atoms with E-state index in [-0.39, 0.29) is 19.0 Å². The molecule has 6 heteroatoms. The van der Waals surface area contributed by atoms with Gasteiger partial charge in [-0.1, -0.05) is 12.8 Å². The lowest BCUT2D eigenvalue weighted by molar-refractivity contribution is -0.149. The van der Waals surface area contributed by atoms with Crippen LogP contribution in [0.2, 0.25) is 0 Å². The van der Waals surface area contributed by atoms with Crippen LogP contribution in [0.15, 0.2) is 0 Å². The Balaban J connectivity index is 1.98. The molecule has 1 aliphatic carbocycles. The lowest BCUT2D eigenvalue weighted by atomic mass is 9.78. The Kier molecular flexibility index (Phi) is 4.65. The normalized spacial score (nSPS) is 24.2. The van der Waals surface area contributed by atoms with Crippen LogP contribution in [0.1, 0.15) is 38.5 Å². The van der Waals surface area contributed by atoms with Crippen LogP contribution in [0, 0.1) is 10.8 Å². The molecular formula is C14H24N2O4. The number of carbonyl (C=O) groups excluding carboxylic acids is 1. The maximum absolute atomic E-state index is 12.4. The number of rotatable bonds is 5. The number of hydrogen-bond acceptors (Lipinski definition) is 4. The van der Waals surface area contributed by atoms with Gasteiger partial charge in [0.05, 0.1) is 10.8 Å². The van der Waals surface area contributed by atoms with Gasteiger partial charge in [-0.05, 0) is 25.7 Å². The van der Waals surface area contributed by atoms with Gasteiger partial charge in [-0.15, -0.1) is 0 Å². The van der Waals surface area contributed by atoms with Gasteiger partial charge in [-0.25, -0.2) is 0 Å². The summed E-state index contributed by atoms with van der Waals surface area (Å²) in [6.45, 7) is 1.56. The number of nitrogens with two attached hydrogens (primary N) is 1. The maximum atomic E-state index is 12.4. The molecule has 2 rings (SSSR count). The molecule has 2 fully saturated rings. The average Bonchev–Trinajstić information content (AvgIpc) is 2.95. The zero-order chi connectivity index (χ0) is 14.6. The summed E-state index contributed by atoms with van der Waals surface area (Å²) in [4.78, 5) is 23.9. The highest BCUT2D eigenvalue weighted by Crippen LogP contribution is 2.38. The summed E-state index contributed by atoms with van der Waals surface area (Å²) in [6, 6.07) is 0. The molecule has 4 N–H and O–H groups in total. The fraction of sp³-hybridized carbons (Fsp3) is 0.857. The zero-order valence-corrected chi connectivity index (χ0v) is 11.8. The number of carboxylic acids is 1. The predicted molar refractivity (Wildman–Crippen MR) is 73.1 cm³/mol. The van der Waals surface area contributed by atoms with E-state index in [0.717, 1.165) is 12.8 Å². The molecule has 0 atom stereocenters. The first-order valence-corrected chi connectivity index (χ1v) is 7.34. The van der Waals surface area contributed by atoms with Crippen LogP contribution in [0.4, 0.5) is 0 Å². The molecule has 1 saturated carbocycles. The number of nitrogens with one attached hydrogen (secondary N) is 1. The summed E-state index contributed by atoms with van der Waals surface area (Å²) in [7, 11) is 0. The molecule has 1 amide bonds. The minimum Gasteiger partial charge on any atom is -0.481 e. The van der Waals surface area contributed by atoms with Gasteiger partial charge in [0.15, 0.2) is 0 Å². The first-order chi connectivity index (χ1) is 9.55. The maximum Gasteiger partial charge on any atom is 0.311 e. The summed E-state index contributed by atoms with van der Waals surface area (Å²) in [5.41, 5.74) is 4.42. The van der Waals surface area contributed by atoms with Crippen molar-refractivity contribution in [2.45, 2.75) is 38.5 Å². The summed E-state index contributed by atoms with van der Waals surface area (Å²) in [5.74, 6) is -0.917. The number of carbonyl (C=O) groups is 2. The van der Waals surface area contributed by atoms with Crippen LogP contribution >= 0.6 is 0 Å². The van der Waals surface area contributed by atoms with Crippen molar-refractivity contribution >= 4 is 11.9 Å². The highest BCUT2D eigenvalue weighted by Gasteiger charge is 2.44. The topological polar surface area (TPSA) is 102 Å². The van der Waals surface area contributed by atoms with Gasteiger partial charge in [0.2, 0.25) is 5.91 Å². The van der Waals surface area contributed by atoms with Crippen molar-refractivity contribution in [1.29, 1.82) is 0 Å². The second kappa shape index (κ2) is 6.10.